The molecule has 1 aliphatic heterocycles. The Bertz CT molecular complexity index is 1020. The molecule has 1 saturated heterocycles. The molecule has 0 saturated carbocycles. The van der Waals surface area contributed by atoms with Gasteiger partial charge >= 0.3 is 0 Å². The Morgan fingerprint density at radius 1 is 1.27 bits per heavy atom. The second-order valence-corrected chi connectivity index (χ2v) is 10.2. The van der Waals surface area contributed by atoms with E-state index in [0.29, 0.717) is 16.6 Å². The van der Waals surface area contributed by atoms with E-state index in [4.69, 9.17) is 14.5 Å². The van der Waals surface area contributed by atoms with Crippen LogP contribution in [0.15, 0.2) is 28.1 Å². The van der Waals surface area contributed by atoms with Crippen LogP contribution < -0.4 is 9.64 Å². The van der Waals surface area contributed by atoms with Crippen molar-refractivity contribution in [2.24, 2.45) is 0 Å². The molecule has 1 fully saturated rings. The third-order valence-electron chi connectivity index (χ3n) is 4.92. The predicted octanol–water partition coefficient (Wildman–Crippen LogP) is 4.84. The molecule has 0 radical (unpaired) electrons. The SMILES string of the molecule is COc1ccc(C)c2sc(N(CCN3CCOCC3)C(=O)c3ccc(Br)s3)nc12.Cl. The van der Waals surface area contributed by atoms with E-state index in [2.05, 4.69) is 27.8 Å². The molecule has 1 amide bonds. The van der Waals surface area contributed by atoms with Crippen LogP contribution >= 0.6 is 51.0 Å². The zero-order valence-corrected chi connectivity index (χ0v) is 20.8. The molecule has 2 aromatic heterocycles. The van der Waals surface area contributed by atoms with E-state index in [9.17, 15) is 4.79 Å². The van der Waals surface area contributed by atoms with Crippen molar-refractivity contribution in [2.75, 3.05) is 51.4 Å². The number of hydrogen-bond donors (Lipinski definition) is 0. The summed E-state index contributed by atoms with van der Waals surface area (Å²) >= 11 is 6.44. The zero-order chi connectivity index (χ0) is 20.4. The largest absolute Gasteiger partial charge is 0.494 e. The number of ether oxygens (including phenoxy) is 2. The third-order valence-corrected chi connectivity index (χ3v) is 7.74. The maximum absolute atomic E-state index is 13.4. The molecule has 3 heterocycles. The molecule has 4 rings (SSSR count). The highest BCUT2D eigenvalue weighted by molar-refractivity contribution is 9.11. The van der Waals surface area contributed by atoms with Crippen LogP contribution in [0.3, 0.4) is 0 Å². The number of methoxy groups -OCH3 is 1. The average Bonchev–Trinajstić information content (AvgIpc) is 3.36. The molecule has 6 nitrogen and oxygen atoms in total. The predicted molar refractivity (Wildman–Crippen MR) is 129 cm³/mol. The van der Waals surface area contributed by atoms with Crippen molar-refractivity contribution in [1.82, 2.24) is 9.88 Å². The van der Waals surface area contributed by atoms with E-state index < -0.39 is 0 Å². The molecule has 162 valence electrons. The summed E-state index contributed by atoms with van der Waals surface area (Å²) in [5.41, 5.74) is 1.94. The molecule has 10 heteroatoms. The van der Waals surface area contributed by atoms with Crippen molar-refractivity contribution >= 4 is 72.3 Å². The number of amides is 1. The monoisotopic (exact) mass is 531 g/mol. The molecule has 0 N–H and O–H groups in total. The first-order valence-corrected chi connectivity index (χ1v) is 11.8. The number of anilines is 1. The first-order chi connectivity index (χ1) is 14.1. The summed E-state index contributed by atoms with van der Waals surface area (Å²) < 4.78 is 12.9. The summed E-state index contributed by atoms with van der Waals surface area (Å²) in [7, 11) is 1.65. The number of hydrogen-bond acceptors (Lipinski definition) is 7. The molecule has 0 spiro atoms. The minimum absolute atomic E-state index is 0. The van der Waals surface area contributed by atoms with Gasteiger partial charge in [0.1, 0.15) is 11.3 Å². The van der Waals surface area contributed by atoms with E-state index in [-0.39, 0.29) is 18.3 Å². The normalized spacial score (nSPS) is 14.5. The lowest BCUT2D eigenvalue weighted by Gasteiger charge is -2.29. The van der Waals surface area contributed by atoms with Gasteiger partial charge in [0, 0.05) is 26.2 Å². The van der Waals surface area contributed by atoms with Crippen LogP contribution in [0.2, 0.25) is 0 Å². The van der Waals surface area contributed by atoms with Gasteiger partial charge < -0.3 is 9.47 Å². The Hall–Kier alpha value is -1.23. The van der Waals surface area contributed by atoms with Gasteiger partial charge in [0.15, 0.2) is 5.13 Å². The maximum Gasteiger partial charge on any atom is 0.270 e. The van der Waals surface area contributed by atoms with Gasteiger partial charge in [-0.25, -0.2) is 4.98 Å². The van der Waals surface area contributed by atoms with Gasteiger partial charge in [-0.3, -0.25) is 14.6 Å². The van der Waals surface area contributed by atoms with Gasteiger partial charge in [-0.2, -0.15) is 0 Å². The number of halogens is 2. The average molecular weight is 533 g/mol. The molecule has 3 aromatic rings. The first-order valence-electron chi connectivity index (χ1n) is 9.38. The van der Waals surface area contributed by atoms with E-state index in [1.165, 1.54) is 11.3 Å². The van der Waals surface area contributed by atoms with Crippen molar-refractivity contribution in [3.63, 3.8) is 0 Å². The van der Waals surface area contributed by atoms with Gasteiger partial charge in [-0.1, -0.05) is 17.4 Å². The number of fused-ring (bicyclic) bond motifs is 1. The fraction of sp³-hybridized carbons (Fsp3) is 0.400. The van der Waals surface area contributed by atoms with E-state index in [1.807, 2.05) is 24.3 Å². The number of thiazole rings is 1. The van der Waals surface area contributed by atoms with Gasteiger partial charge in [0.25, 0.3) is 5.91 Å². The van der Waals surface area contributed by atoms with Gasteiger partial charge in [0.2, 0.25) is 0 Å². The Labute approximate surface area is 198 Å². The van der Waals surface area contributed by atoms with Gasteiger partial charge in [-0.15, -0.1) is 23.7 Å². The number of aryl methyl sites for hydroxylation is 1. The first kappa shape index (κ1) is 23.4. The zero-order valence-electron chi connectivity index (χ0n) is 16.7. The van der Waals surface area contributed by atoms with Crippen LogP contribution in [0.5, 0.6) is 5.75 Å². The van der Waals surface area contributed by atoms with Crippen molar-refractivity contribution in [1.29, 1.82) is 0 Å². The standard InChI is InChI=1S/C20H22BrN3O3S2.ClH/c1-13-3-4-14(26-2)17-18(13)29-20(22-17)24(8-7-23-9-11-27-12-10-23)19(25)15-5-6-16(21)28-15;/h3-6H,7-12H2,1-2H3;1H. The molecule has 0 unspecified atom stereocenters. The highest BCUT2D eigenvalue weighted by Gasteiger charge is 2.25. The second-order valence-electron chi connectivity index (χ2n) is 6.77. The third kappa shape index (κ3) is 4.98. The van der Waals surface area contributed by atoms with Crippen LogP contribution in [0.25, 0.3) is 10.2 Å². The number of carbonyl (C=O) groups excluding carboxylic acids is 1. The molecular weight excluding hydrogens is 510 g/mol. The number of benzene rings is 1. The number of rotatable bonds is 6. The fourth-order valence-electron chi connectivity index (χ4n) is 3.29. The number of aromatic nitrogens is 1. The minimum Gasteiger partial charge on any atom is -0.494 e. The molecule has 0 atom stereocenters. The smallest absolute Gasteiger partial charge is 0.270 e. The van der Waals surface area contributed by atoms with Crippen LogP contribution in [0.1, 0.15) is 15.2 Å². The van der Waals surface area contributed by atoms with Crippen molar-refractivity contribution in [3.05, 3.63) is 38.5 Å². The summed E-state index contributed by atoms with van der Waals surface area (Å²) in [5.74, 6) is 0.706. The topological polar surface area (TPSA) is 54.9 Å². The molecular formula is C20H23BrClN3O3S2. The molecule has 30 heavy (non-hydrogen) atoms. The Kier molecular flexibility index (Phi) is 8.11. The lowest BCUT2D eigenvalue weighted by Crippen LogP contribution is -2.43. The number of nitrogens with zero attached hydrogens (tertiary/aromatic N) is 3. The van der Waals surface area contributed by atoms with Crippen molar-refractivity contribution < 1.29 is 14.3 Å². The van der Waals surface area contributed by atoms with Gasteiger partial charge in [0.05, 0.1) is 33.7 Å². The maximum atomic E-state index is 13.4. The molecule has 0 bridgehead atoms. The minimum atomic E-state index is -0.0235. The van der Waals surface area contributed by atoms with E-state index in [0.717, 1.165) is 58.2 Å². The second kappa shape index (κ2) is 10.4. The Balaban J connectivity index is 0.00000256. The Morgan fingerprint density at radius 2 is 2.03 bits per heavy atom. The number of thiophene rings is 1. The number of morpholine rings is 1. The summed E-state index contributed by atoms with van der Waals surface area (Å²) in [6, 6.07) is 7.72. The lowest BCUT2D eigenvalue weighted by molar-refractivity contribution is 0.0391. The van der Waals surface area contributed by atoms with Crippen molar-refractivity contribution in [3.8, 4) is 5.75 Å². The van der Waals surface area contributed by atoms with Crippen LogP contribution in [0.4, 0.5) is 5.13 Å². The summed E-state index contributed by atoms with van der Waals surface area (Å²) in [6.07, 6.45) is 0. The van der Waals surface area contributed by atoms with Gasteiger partial charge in [-0.05, 0) is 46.6 Å². The fourth-order valence-corrected chi connectivity index (χ4v) is 5.70. The van der Waals surface area contributed by atoms with Crippen LogP contribution in [-0.2, 0) is 4.74 Å². The lowest BCUT2D eigenvalue weighted by atomic mass is 10.2. The van der Waals surface area contributed by atoms with Crippen LogP contribution in [-0.4, -0.2) is 62.3 Å². The molecule has 1 aromatic carbocycles. The van der Waals surface area contributed by atoms with Crippen LogP contribution in [0, 0.1) is 6.92 Å². The Morgan fingerprint density at radius 3 is 2.70 bits per heavy atom. The molecule has 1 aliphatic rings. The van der Waals surface area contributed by atoms with Crippen molar-refractivity contribution in [2.45, 2.75) is 6.92 Å². The van der Waals surface area contributed by atoms with E-state index in [1.54, 1.807) is 23.3 Å². The summed E-state index contributed by atoms with van der Waals surface area (Å²) in [4.78, 5) is 23.0. The molecule has 0 aliphatic carbocycles. The van der Waals surface area contributed by atoms with E-state index >= 15 is 0 Å². The number of carbonyl (C=O) groups is 1. The summed E-state index contributed by atoms with van der Waals surface area (Å²) in [6.45, 7) is 6.68. The summed E-state index contributed by atoms with van der Waals surface area (Å²) in [5, 5.41) is 0.704. The highest BCUT2D eigenvalue weighted by atomic mass is 79.9. The highest BCUT2D eigenvalue weighted by Crippen LogP contribution is 2.37. The quantitative estimate of drug-likeness (QED) is 0.455.